The second kappa shape index (κ2) is 6.27. The lowest BCUT2D eigenvalue weighted by Gasteiger charge is -2.30. The van der Waals surface area contributed by atoms with Crippen LogP contribution in [0.4, 0.5) is 0 Å². The fourth-order valence-electron chi connectivity index (χ4n) is 2.95. The van der Waals surface area contributed by atoms with Crippen molar-refractivity contribution >= 4 is 26.7 Å². The number of benzene rings is 2. The van der Waals surface area contributed by atoms with Crippen molar-refractivity contribution in [2.24, 2.45) is 11.8 Å². The number of sulfonamides is 1. The van der Waals surface area contributed by atoms with Gasteiger partial charge in [-0.15, -0.1) is 0 Å². The summed E-state index contributed by atoms with van der Waals surface area (Å²) in [7, 11) is -3.54. The zero-order valence-electron chi connectivity index (χ0n) is 12.6. The monoisotopic (exact) mass is 333 g/mol. The fourth-order valence-corrected chi connectivity index (χ4v) is 4.46. The van der Waals surface area contributed by atoms with Gasteiger partial charge in [0, 0.05) is 19.0 Å². The van der Waals surface area contributed by atoms with E-state index in [0.29, 0.717) is 25.9 Å². The highest BCUT2D eigenvalue weighted by molar-refractivity contribution is 7.89. The first kappa shape index (κ1) is 15.9. The van der Waals surface area contributed by atoms with E-state index in [0.717, 1.165) is 10.8 Å². The van der Waals surface area contributed by atoms with E-state index in [-0.39, 0.29) is 16.7 Å². The van der Waals surface area contributed by atoms with Crippen LogP contribution < -0.4 is 11.3 Å². The fraction of sp³-hybridized carbons (Fsp3) is 0.312. The molecular weight excluding hydrogens is 314 g/mol. The van der Waals surface area contributed by atoms with Crippen LogP contribution in [0.1, 0.15) is 12.8 Å². The van der Waals surface area contributed by atoms with Crippen molar-refractivity contribution in [1.82, 2.24) is 9.73 Å². The van der Waals surface area contributed by atoms with Gasteiger partial charge in [-0.25, -0.2) is 14.3 Å². The highest BCUT2D eigenvalue weighted by Gasteiger charge is 2.31. The molecule has 0 spiro atoms. The summed E-state index contributed by atoms with van der Waals surface area (Å²) in [5.74, 6) is 4.69. The van der Waals surface area contributed by atoms with E-state index in [1.54, 1.807) is 12.1 Å². The maximum absolute atomic E-state index is 12.8. The molecule has 1 heterocycles. The highest BCUT2D eigenvalue weighted by Crippen LogP contribution is 2.26. The largest absolute Gasteiger partial charge is 0.294 e. The molecule has 122 valence electrons. The molecule has 3 rings (SSSR count). The molecule has 1 fully saturated rings. The van der Waals surface area contributed by atoms with Gasteiger partial charge in [0.05, 0.1) is 4.90 Å². The van der Waals surface area contributed by atoms with Crippen LogP contribution >= 0.6 is 0 Å². The Kier molecular flexibility index (Phi) is 4.34. The molecule has 0 aromatic heterocycles. The molecule has 0 radical (unpaired) electrons. The molecule has 6 nitrogen and oxygen atoms in total. The maximum atomic E-state index is 12.8. The average molecular weight is 333 g/mol. The van der Waals surface area contributed by atoms with Crippen LogP contribution in [0.5, 0.6) is 0 Å². The summed E-state index contributed by atoms with van der Waals surface area (Å²) in [5, 5.41) is 1.90. The summed E-state index contributed by atoms with van der Waals surface area (Å²) >= 11 is 0. The Balaban J connectivity index is 1.82. The van der Waals surface area contributed by atoms with Gasteiger partial charge in [-0.2, -0.15) is 4.31 Å². The number of hydrogen-bond donors (Lipinski definition) is 2. The molecule has 1 aliphatic rings. The minimum Gasteiger partial charge on any atom is -0.294 e. The van der Waals surface area contributed by atoms with Gasteiger partial charge in [0.2, 0.25) is 15.9 Å². The number of piperidine rings is 1. The zero-order valence-corrected chi connectivity index (χ0v) is 13.4. The van der Waals surface area contributed by atoms with E-state index in [2.05, 4.69) is 5.43 Å². The second-order valence-corrected chi connectivity index (χ2v) is 7.63. The predicted octanol–water partition coefficient (Wildman–Crippen LogP) is 1.23. The van der Waals surface area contributed by atoms with Crippen molar-refractivity contribution in [2.45, 2.75) is 17.7 Å². The van der Waals surface area contributed by atoms with Crippen LogP contribution in [0.25, 0.3) is 10.8 Å². The first-order valence-electron chi connectivity index (χ1n) is 7.52. The summed E-state index contributed by atoms with van der Waals surface area (Å²) in [6.07, 6.45) is 0.964. The predicted molar refractivity (Wildman–Crippen MR) is 87.8 cm³/mol. The van der Waals surface area contributed by atoms with Crippen LogP contribution in [-0.4, -0.2) is 31.7 Å². The number of hydrazine groups is 1. The topological polar surface area (TPSA) is 92.5 Å². The molecular formula is C16H19N3O3S. The molecule has 0 saturated carbocycles. The quantitative estimate of drug-likeness (QED) is 0.502. The number of nitrogens with zero attached hydrogens (tertiary/aromatic N) is 1. The SMILES string of the molecule is NNC(=O)C1CCN(S(=O)(=O)c2ccc3ccccc3c2)CC1. The van der Waals surface area contributed by atoms with Crippen molar-refractivity contribution in [3.05, 3.63) is 42.5 Å². The van der Waals surface area contributed by atoms with Crippen LogP contribution in [0.2, 0.25) is 0 Å². The number of carbonyl (C=O) groups is 1. The smallest absolute Gasteiger partial charge is 0.243 e. The summed E-state index contributed by atoms with van der Waals surface area (Å²) in [5.41, 5.74) is 2.13. The molecule has 3 N–H and O–H groups in total. The van der Waals surface area contributed by atoms with Crippen LogP contribution in [-0.2, 0) is 14.8 Å². The molecule has 2 aromatic carbocycles. The van der Waals surface area contributed by atoms with E-state index < -0.39 is 10.0 Å². The van der Waals surface area contributed by atoms with E-state index >= 15 is 0 Å². The minimum absolute atomic E-state index is 0.219. The molecule has 0 bridgehead atoms. The van der Waals surface area contributed by atoms with Gasteiger partial charge in [0.1, 0.15) is 0 Å². The second-order valence-electron chi connectivity index (χ2n) is 5.70. The zero-order chi connectivity index (χ0) is 16.4. The molecule has 23 heavy (non-hydrogen) atoms. The summed E-state index contributed by atoms with van der Waals surface area (Å²) in [4.78, 5) is 11.8. The Morgan fingerprint density at radius 1 is 1.09 bits per heavy atom. The Bertz CT molecular complexity index is 827. The Morgan fingerprint density at radius 3 is 2.39 bits per heavy atom. The number of hydrogen-bond acceptors (Lipinski definition) is 4. The molecule has 1 aliphatic heterocycles. The number of nitrogens with one attached hydrogen (secondary N) is 1. The normalized spacial score (nSPS) is 17.3. The van der Waals surface area contributed by atoms with Crippen LogP contribution in [0.3, 0.4) is 0 Å². The molecule has 0 unspecified atom stereocenters. The molecule has 1 amide bonds. The van der Waals surface area contributed by atoms with Gasteiger partial charge in [0.25, 0.3) is 0 Å². The van der Waals surface area contributed by atoms with Gasteiger partial charge < -0.3 is 0 Å². The number of fused-ring (bicyclic) bond motifs is 1. The van der Waals surface area contributed by atoms with E-state index in [4.69, 9.17) is 5.84 Å². The van der Waals surface area contributed by atoms with Crippen LogP contribution in [0, 0.1) is 5.92 Å². The first-order chi connectivity index (χ1) is 11.0. The van der Waals surface area contributed by atoms with Crippen molar-refractivity contribution < 1.29 is 13.2 Å². The highest BCUT2D eigenvalue weighted by atomic mass is 32.2. The van der Waals surface area contributed by atoms with Gasteiger partial charge in [-0.05, 0) is 35.7 Å². The lowest BCUT2D eigenvalue weighted by Crippen LogP contribution is -2.44. The third-order valence-corrected chi connectivity index (χ3v) is 6.22. The number of amides is 1. The van der Waals surface area contributed by atoms with Gasteiger partial charge in [0.15, 0.2) is 0 Å². The Hall–Kier alpha value is -1.96. The van der Waals surface area contributed by atoms with E-state index in [1.165, 1.54) is 4.31 Å². The van der Waals surface area contributed by atoms with E-state index in [1.807, 2.05) is 30.3 Å². The number of carbonyl (C=O) groups excluding carboxylic acids is 1. The summed E-state index contributed by atoms with van der Waals surface area (Å²) in [6, 6.07) is 12.8. The van der Waals surface area contributed by atoms with Crippen molar-refractivity contribution in [3.63, 3.8) is 0 Å². The Labute approximate surface area is 135 Å². The maximum Gasteiger partial charge on any atom is 0.243 e. The standard InChI is InChI=1S/C16H19N3O3S/c17-18-16(20)13-7-9-19(10-8-13)23(21,22)15-6-5-12-3-1-2-4-14(12)11-15/h1-6,11,13H,7-10,17H2,(H,18,20). The number of nitrogens with two attached hydrogens (primary N) is 1. The summed E-state index contributed by atoms with van der Waals surface area (Å²) in [6.45, 7) is 0.653. The third kappa shape index (κ3) is 3.08. The molecule has 1 saturated heterocycles. The van der Waals surface area contributed by atoms with Crippen molar-refractivity contribution in [1.29, 1.82) is 0 Å². The molecule has 0 aliphatic carbocycles. The van der Waals surface area contributed by atoms with Crippen molar-refractivity contribution in [2.75, 3.05) is 13.1 Å². The van der Waals surface area contributed by atoms with Gasteiger partial charge in [-0.3, -0.25) is 10.2 Å². The van der Waals surface area contributed by atoms with Crippen molar-refractivity contribution in [3.8, 4) is 0 Å². The molecule has 2 aromatic rings. The number of rotatable bonds is 3. The summed E-state index contributed by atoms with van der Waals surface area (Å²) < 4.78 is 27.0. The lowest BCUT2D eigenvalue weighted by molar-refractivity contribution is -0.126. The van der Waals surface area contributed by atoms with E-state index in [9.17, 15) is 13.2 Å². The molecule has 0 atom stereocenters. The minimum atomic E-state index is -3.54. The average Bonchev–Trinajstić information content (AvgIpc) is 2.60. The Morgan fingerprint density at radius 2 is 1.74 bits per heavy atom. The van der Waals surface area contributed by atoms with Gasteiger partial charge >= 0.3 is 0 Å². The third-order valence-electron chi connectivity index (χ3n) is 4.33. The van der Waals surface area contributed by atoms with Gasteiger partial charge in [-0.1, -0.05) is 30.3 Å². The van der Waals surface area contributed by atoms with Crippen LogP contribution in [0.15, 0.2) is 47.4 Å². The first-order valence-corrected chi connectivity index (χ1v) is 8.96. The molecule has 7 heteroatoms. The lowest BCUT2D eigenvalue weighted by atomic mass is 9.98.